The van der Waals surface area contributed by atoms with Gasteiger partial charge in [-0.25, -0.2) is 0 Å². The molecule has 4 nitrogen and oxygen atoms in total. The van der Waals surface area contributed by atoms with Crippen molar-refractivity contribution in [1.82, 2.24) is 9.80 Å². The fourth-order valence-electron chi connectivity index (χ4n) is 5.07. The van der Waals surface area contributed by atoms with Crippen molar-refractivity contribution in [3.8, 4) is 0 Å². The van der Waals surface area contributed by atoms with Crippen molar-refractivity contribution in [1.29, 1.82) is 0 Å². The summed E-state index contributed by atoms with van der Waals surface area (Å²) in [6, 6.07) is 0.474. The first-order chi connectivity index (χ1) is 10.2. The number of carbonyl (C=O) groups is 1. The monoisotopic (exact) mass is 294 g/mol. The number of fused-ring (bicyclic) bond motifs is 2. The Labute approximate surface area is 128 Å². The molecule has 3 aliphatic rings. The lowest BCUT2D eigenvalue weighted by atomic mass is 9.88. The van der Waals surface area contributed by atoms with E-state index in [0.29, 0.717) is 6.04 Å². The van der Waals surface area contributed by atoms with Crippen LogP contribution in [0.1, 0.15) is 45.4 Å². The molecule has 2 bridgehead atoms. The highest BCUT2D eigenvalue weighted by Crippen LogP contribution is 2.48. The number of hydrogen-bond donors (Lipinski definition) is 1. The van der Waals surface area contributed by atoms with Gasteiger partial charge in [-0.15, -0.1) is 0 Å². The molecular weight excluding hydrogens is 264 g/mol. The molecule has 1 saturated heterocycles. The van der Waals surface area contributed by atoms with Crippen LogP contribution in [0.2, 0.25) is 0 Å². The average Bonchev–Trinajstić information content (AvgIpc) is 3.08. The maximum absolute atomic E-state index is 10.9. The van der Waals surface area contributed by atoms with E-state index in [1.54, 1.807) is 0 Å². The van der Waals surface area contributed by atoms with Crippen LogP contribution < -0.4 is 0 Å². The first kappa shape index (κ1) is 15.3. The van der Waals surface area contributed by atoms with Gasteiger partial charge in [0.1, 0.15) is 0 Å². The largest absolute Gasteiger partial charge is 0.480 e. The number of piperidine rings is 1. The van der Waals surface area contributed by atoms with E-state index in [0.717, 1.165) is 50.2 Å². The van der Waals surface area contributed by atoms with E-state index in [-0.39, 0.29) is 6.54 Å². The maximum Gasteiger partial charge on any atom is 0.317 e. The van der Waals surface area contributed by atoms with E-state index in [9.17, 15) is 4.79 Å². The molecule has 1 aliphatic heterocycles. The minimum Gasteiger partial charge on any atom is -0.480 e. The summed E-state index contributed by atoms with van der Waals surface area (Å²) in [4.78, 5) is 15.7. The first-order valence-corrected chi connectivity index (χ1v) is 8.84. The predicted molar refractivity (Wildman–Crippen MR) is 83.3 cm³/mol. The summed E-state index contributed by atoms with van der Waals surface area (Å²) >= 11 is 0. The highest BCUT2D eigenvalue weighted by Gasteiger charge is 2.40. The Balaban J connectivity index is 1.43. The van der Waals surface area contributed by atoms with Crippen molar-refractivity contribution < 1.29 is 9.90 Å². The van der Waals surface area contributed by atoms with Crippen molar-refractivity contribution >= 4 is 5.97 Å². The summed E-state index contributed by atoms with van der Waals surface area (Å²) in [5.41, 5.74) is 0. The number of rotatable bonds is 6. The van der Waals surface area contributed by atoms with Gasteiger partial charge in [-0.05, 0) is 69.5 Å². The van der Waals surface area contributed by atoms with Crippen LogP contribution in [0.15, 0.2) is 0 Å². The molecule has 0 aromatic heterocycles. The van der Waals surface area contributed by atoms with Crippen LogP contribution in [0, 0.1) is 17.8 Å². The third kappa shape index (κ3) is 3.59. The van der Waals surface area contributed by atoms with Gasteiger partial charge in [0.2, 0.25) is 0 Å². The van der Waals surface area contributed by atoms with Crippen LogP contribution in [-0.4, -0.2) is 59.6 Å². The molecule has 0 aromatic carbocycles. The van der Waals surface area contributed by atoms with E-state index in [1.165, 1.54) is 32.2 Å². The zero-order valence-corrected chi connectivity index (χ0v) is 13.3. The number of nitrogens with zero attached hydrogens (tertiary/aromatic N) is 2. The van der Waals surface area contributed by atoms with Gasteiger partial charge in [0, 0.05) is 12.6 Å². The standard InChI is InChI=1S/C17H30N2O2/c1-2-19(12-17(20)21)16-5-7-18(8-6-16)11-15-10-13-3-4-14(15)9-13/h13-16H,2-12H2,1H3,(H,20,21). The van der Waals surface area contributed by atoms with E-state index in [1.807, 2.05) is 0 Å². The second-order valence-electron chi connectivity index (χ2n) is 7.42. The highest BCUT2D eigenvalue weighted by molar-refractivity contribution is 5.69. The molecule has 4 heteroatoms. The van der Waals surface area contributed by atoms with Crippen LogP contribution in [0.25, 0.3) is 0 Å². The number of aliphatic carboxylic acids is 1. The van der Waals surface area contributed by atoms with E-state index in [2.05, 4.69) is 16.7 Å². The van der Waals surface area contributed by atoms with Gasteiger partial charge in [0.05, 0.1) is 6.54 Å². The zero-order chi connectivity index (χ0) is 14.8. The molecule has 3 fully saturated rings. The van der Waals surface area contributed by atoms with Gasteiger partial charge >= 0.3 is 5.97 Å². The molecule has 3 rings (SSSR count). The summed E-state index contributed by atoms with van der Waals surface area (Å²) in [5.74, 6) is 2.33. The van der Waals surface area contributed by atoms with Gasteiger partial charge in [-0.1, -0.05) is 13.3 Å². The quantitative estimate of drug-likeness (QED) is 0.816. The third-order valence-corrected chi connectivity index (χ3v) is 6.20. The molecule has 0 radical (unpaired) electrons. The maximum atomic E-state index is 10.9. The average molecular weight is 294 g/mol. The molecule has 1 heterocycles. The van der Waals surface area contributed by atoms with Crippen molar-refractivity contribution in [2.45, 2.75) is 51.5 Å². The topological polar surface area (TPSA) is 43.8 Å². The van der Waals surface area contributed by atoms with Crippen LogP contribution in [0.5, 0.6) is 0 Å². The zero-order valence-electron chi connectivity index (χ0n) is 13.3. The van der Waals surface area contributed by atoms with Crippen LogP contribution in [0.3, 0.4) is 0 Å². The molecule has 0 aromatic rings. The summed E-state index contributed by atoms with van der Waals surface area (Å²) < 4.78 is 0. The Morgan fingerprint density at radius 2 is 1.95 bits per heavy atom. The molecule has 3 unspecified atom stereocenters. The number of likely N-dealkylation sites (tertiary alicyclic amines) is 1. The second-order valence-corrected chi connectivity index (χ2v) is 7.42. The molecule has 0 spiro atoms. The first-order valence-electron chi connectivity index (χ1n) is 8.84. The predicted octanol–water partition coefficient (Wildman–Crippen LogP) is 2.29. The van der Waals surface area contributed by atoms with Crippen LogP contribution in [-0.2, 0) is 4.79 Å². The Morgan fingerprint density at radius 1 is 1.19 bits per heavy atom. The third-order valence-electron chi connectivity index (χ3n) is 6.20. The summed E-state index contributed by atoms with van der Waals surface area (Å²) in [7, 11) is 0. The molecule has 3 atom stereocenters. The number of carboxylic acid groups (broad SMARTS) is 1. The van der Waals surface area contributed by atoms with Gasteiger partial charge in [-0.2, -0.15) is 0 Å². The normalized spacial score (nSPS) is 33.9. The van der Waals surface area contributed by atoms with Crippen molar-refractivity contribution in [3.63, 3.8) is 0 Å². The minimum atomic E-state index is -0.693. The summed E-state index contributed by atoms with van der Waals surface area (Å²) in [6.07, 6.45) is 8.23. The lowest BCUT2D eigenvalue weighted by Crippen LogP contribution is -2.47. The fourth-order valence-corrected chi connectivity index (χ4v) is 5.07. The molecule has 2 saturated carbocycles. The number of carboxylic acids is 1. The minimum absolute atomic E-state index is 0.202. The molecular formula is C17H30N2O2. The van der Waals surface area contributed by atoms with Gasteiger partial charge in [0.15, 0.2) is 0 Å². The molecule has 2 aliphatic carbocycles. The highest BCUT2D eigenvalue weighted by atomic mass is 16.4. The van der Waals surface area contributed by atoms with E-state index < -0.39 is 5.97 Å². The van der Waals surface area contributed by atoms with Crippen LogP contribution in [0.4, 0.5) is 0 Å². The molecule has 1 N–H and O–H groups in total. The fraction of sp³-hybridized carbons (Fsp3) is 0.941. The summed E-state index contributed by atoms with van der Waals surface area (Å²) in [6.45, 7) is 6.75. The molecule has 120 valence electrons. The number of likely N-dealkylation sites (N-methyl/N-ethyl adjacent to an activating group) is 1. The SMILES string of the molecule is CCN(CC(=O)O)C1CCN(CC2CC3CCC2C3)CC1. The lowest BCUT2D eigenvalue weighted by molar-refractivity contribution is -0.139. The van der Waals surface area contributed by atoms with Gasteiger partial charge < -0.3 is 10.0 Å². The van der Waals surface area contributed by atoms with Crippen LogP contribution >= 0.6 is 0 Å². The van der Waals surface area contributed by atoms with Gasteiger partial charge in [-0.3, -0.25) is 9.69 Å². The van der Waals surface area contributed by atoms with Crippen molar-refractivity contribution in [2.75, 3.05) is 32.7 Å². The van der Waals surface area contributed by atoms with Crippen molar-refractivity contribution in [2.24, 2.45) is 17.8 Å². The Kier molecular flexibility index (Phi) is 4.85. The lowest BCUT2D eigenvalue weighted by Gasteiger charge is -2.39. The Hall–Kier alpha value is -0.610. The Morgan fingerprint density at radius 3 is 2.48 bits per heavy atom. The van der Waals surface area contributed by atoms with Crippen molar-refractivity contribution in [3.05, 3.63) is 0 Å². The summed E-state index contributed by atoms with van der Waals surface area (Å²) in [5, 5.41) is 9.00. The second kappa shape index (κ2) is 6.66. The smallest absolute Gasteiger partial charge is 0.317 e. The molecule has 0 amide bonds. The van der Waals surface area contributed by atoms with E-state index >= 15 is 0 Å². The van der Waals surface area contributed by atoms with Gasteiger partial charge in [0.25, 0.3) is 0 Å². The number of hydrogen-bond acceptors (Lipinski definition) is 3. The van der Waals surface area contributed by atoms with E-state index in [4.69, 9.17) is 5.11 Å². The Bertz CT molecular complexity index is 366. The molecule has 21 heavy (non-hydrogen) atoms.